The van der Waals surface area contributed by atoms with Crippen molar-refractivity contribution in [1.82, 2.24) is 59.8 Å². The van der Waals surface area contributed by atoms with Crippen molar-refractivity contribution in [3.05, 3.63) is 217 Å². The Morgan fingerprint density at radius 3 is 0.812 bits per heavy atom. The molecular formula is C68H100N12. The number of rotatable bonds is 0. The molecule has 0 fully saturated rings. The van der Waals surface area contributed by atoms with Gasteiger partial charge in [0, 0.05) is 131 Å². The van der Waals surface area contributed by atoms with Crippen LogP contribution in [0.3, 0.4) is 0 Å². The molecule has 0 unspecified atom stereocenters. The summed E-state index contributed by atoms with van der Waals surface area (Å²) in [4.78, 5) is 49.0. The second-order valence-corrected chi connectivity index (χ2v) is 27.3. The zero-order chi connectivity index (χ0) is 60.9. The molecule has 0 aliphatic heterocycles. The Balaban J connectivity index is 0.000000457. The smallest absolute Gasteiger partial charge is 0.133 e. The van der Waals surface area contributed by atoms with Crippen LogP contribution >= 0.6 is 0 Å². The first-order valence-corrected chi connectivity index (χ1v) is 27.6. The topological polar surface area (TPSA) is 155 Å². The number of aromatic nitrogens is 12. The monoisotopic (exact) mass is 1080 g/mol. The van der Waals surface area contributed by atoms with Gasteiger partial charge in [-0.15, -0.1) is 0 Å². The molecule has 0 N–H and O–H groups in total. The van der Waals surface area contributed by atoms with Crippen LogP contribution in [0.25, 0.3) is 0 Å². The lowest BCUT2D eigenvalue weighted by Crippen LogP contribution is -2.14. The van der Waals surface area contributed by atoms with Gasteiger partial charge in [-0.1, -0.05) is 184 Å². The van der Waals surface area contributed by atoms with Crippen molar-refractivity contribution >= 4 is 0 Å². The second kappa shape index (κ2) is 32.9. The molecule has 0 radical (unpaired) electrons. The minimum absolute atomic E-state index is 0.0707. The molecule has 80 heavy (non-hydrogen) atoms. The molecule has 0 spiro atoms. The first-order valence-electron chi connectivity index (χ1n) is 27.6. The van der Waals surface area contributed by atoms with Gasteiger partial charge in [0.15, 0.2) is 0 Å². The standard InChI is InChI=1S/4C9H13N.4C8H12N2/c1-9(2,3)8-4-6-10-7-5-8;2*1-9(2,3)8-5-4-6-10-7-8;1-9(2,3)8-6-4-5-7-10-8;1-8(2,3)7-6-9-4-5-10-7;1-8(2,3)7-4-5-9-6-10-7;2*1-8(2,3)7-9-5-4-6-10-7/h4*4-7H,1-3H3;4*4-6H,1-3H3. The maximum Gasteiger partial charge on any atom is 0.133 e. The van der Waals surface area contributed by atoms with Gasteiger partial charge in [-0.2, -0.15) is 0 Å². The first-order chi connectivity index (χ1) is 36.8. The highest BCUT2D eigenvalue weighted by Crippen LogP contribution is 2.23. The summed E-state index contributed by atoms with van der Waals surface area (Å²) >= 11 is 0. The third-order valence-corrected chi connectivity index (χ3v) is 11.2. The van der Waals surface area contributed by atoms with E-state index >= 15 is 0 Å². The molecule has 0 saturated carbocycles. The first kappa shape index (κ1) is 70.9. The fraction of sp³-hybridized carbons (Fsp3) is 0.471. The summed E-state index contributed by atoms with van der Waals surface area (Å²) in [6, 6.07) is 23.9. The van der Waals surface area contributed by atoms with E-state index < -0.39 is 0 Å². The molecule has 0 bridgehead atoms. The Hall–Kier alpha value is -7.08. The largest absolute Gasteiger partial charge is 0.265 e. The van der Waals surface area contributed by atoms with Crippen molar-refractivity contribution in [2.75, 3.05) is 0 Å². The highest BCUT2D eigenvalue weighted by Gasteiger charge is 2.18. The van der Waals surface area contributed by atoms with Crippen molar-refractivity contribution in [2.45, 2.75) is 209 Å². The molecule has 0 saturated heterocycles. The van der Waals surface area contributed by atoms with Gasteiger partial charge in [0.25, 0.3) is 0 Å². The molecule has 0 atom stereocenters. The van der Waals surface area contributed by atoms with Crippen molar-refractivity contribution < 1.29 is 0 Å². The Labute approximate surface area is 484 Å². The Kier molecular flexibility index (Phi) is 29.1. The minimum Gasteiger partial charge on any atom is -0.265 e. The van der Waals surface area contributed by atoms with Crippen molar-refractivity contribution in [1.29, 1.82) is 0 Å². The van der Waals surface area contributed by atoms with Gasteiger partial charge in [0.05, 0.1) is 5.69 Å². The van der Waals surface area contributed by atoms with Gasteiger partial charge in [0.2, 0.25) is 0 Å². The van der Waals surface area contributed by atoms with Crippen LogP contribution < -0.4 is 0 Å². The fourth-order valence-electron chi connectivity index (χ4n) is 6.06. The third kappa shape index (κ3) is 31.5. The van der Waals surface area contributed by atoms with Gasteiger partial charge < -0.3 is 0 Å². The van der Waals surface area contributed by atoms with Crippen molar-refractivity contribution in [2.24, 2.45) is 0 Å². The van der Waals surface area contributed by atoms with Crippen LogP contribution in [0, 0.1) is 0 Å². The highest BCUT2D eigenvalue weighted by atomic mass is 14.9. The maximum absolute atomic E-state index is 4.25. The molecule has 0 aromatic carbocycles. The SMILES string of the molecule is CC(C)(C)c1ccccn1.CC(C)(C)c1cccnc1.CC(C)(C)c1cccnc1.CC(C)(C)c1ccncc1.CC(C)(C)c1ccncn1.CC(C)(C)c1cnccn1.CC(C)(C)c1ncccn1.CC(C)(C)c1ncccn1. The van der Waals surface area contributed by atoms with E-state index in [1.807, 2.05) is 73.4 Å². The lowest BCUT2D eigenvalue weighted by Gasteiger charge is -2.17. The van der Waals surface area contributed by atoms with Crippen molar-refractivity contribution in [3.8, 4) is 0 Å². The average molecular weight is 1090 g/mol. The Bertz CT molecular complexity index is 2170. The van der Waals surface area contributed by atoms with Crippen LogP contribution in [-0.2, 0) is 43.3 Å². The summed E-state index contributed by atoms with van der Waals surface area (Å²) in [5, 5.41) is 0. The molecular weight excluding hydrogens is 985 g/mol. The summed E-state index contributed by atoms with van der Waals surface area (Å²) in [6.45, 7) is 51.5. The van der Waals surface area contributed by atoms with E-state index in [4.69, 9.17) is 0 Å². The van der Waals surface area contributed by atoms with E-state index in [1.165, 1.54) is 16.7 Å². The average Bonchev–Trinajstić information content (AvgIpc) is 3.40. The van der Waals surface area contributed by atoms with Gasteiger partial charge >= 0.3 is 0 Å². The van der Waals surface area contributed by atoms with E-state index in [9.17, 15) is 0 Å². The van der Waals surface area contributed by atoms with Crippen LogP contribution in [0.2, 0.25) is 0 Å². The summed E-state index contributed by atoms with van der Waals surface area (Å²) in [6.07, 6.45) is 28.6. The number of nitrogens with zero attached hydrogens (tertiary/aromatic N) is 12. The predicted molar refractivity (Wildman–Crippen MR) is 335 cm³/mol. The van der Waals surface area contributed by atoms with Crippen LogP contribution in [0.5, 0.6) is 0 Å². The molecule has 12 nitrogen and oxygen atoms in total. The highest BCUT2D eigenvalue weighted by molar-refractivity contribution is 5.20. The fourth-order valence-corrected chi connectivity index (χ4v) is 6.06. The predicted octanol–water partition coefficient (Wildman–Crippen LogP) is 16.6. The zero-order valence-corrected chi connectivity index (χ0v) is 53.5. The normalized spacial score (nSPS) is 11.5. The van der Waals surface area contributed by atoms with E-state index in [2.05, 4.69) is 256 Å². The van der Waals surface area contributed by atoms with E-state index in [-0.39, 0.29) is 43.3 Å². The van der Waals surface area contributed by atoms with Crippen LogP contribution in [0.15, 0.2) is 172 Å². The van der Waals surface area contributed by atoms with Crippen molar-refractivity contribution in [3.63, 3.8) is 0 Å². The summed E-state index contributed by atoms with van der Waals surface area (Å²) in [5.41, 5.74) is 8.48. The van der Waals surface area contributed by atoms with E-state index in [1.54, 1.807) is 68.3 Å². The minimum atomic E-state index is 0.0707. The lowest BCUT2D eigenvalue weighted by molar-refractivity contribution is 0.545. The molecule has 432 valence electrons. The summed E-state index contributed by atoms with van der Waals surface area (Å²) in [5.74, 6) is 1.80. The summed E-state index contributed by atoms with van der Waals surface area (Å²) in [7, 11) is 0. The molecule has 8 aromatic rings. The lowest BCUT2D eigenvalue weighted by atomic mass is 9.88. The van der Waals surface area contributed by atoms with Gasteiger partial charge in [-0.3, -0.25) is 29.9 Å². The number of hydrogen-bond donors (Lipinski definition) is 0. The van der Waals surface area contributed by atoms with Gasteiger partial charge in [-0.05, 0) is 87.5 Å². The van der Waals surface area contributed by atoms with E-state index in [0.29, 0.717) is 0 Å². The third-order valence-electron chi connectivity index (χ3n) is 11.2. The molecule has 8 heterocycles. The van der Waals surface area contributed by atoms with Crippen LogP contribution in [-0.4, -0.2) is 59.8 Å². The Morgan fingerprint density at radius 2 is 0.588 bits per heavy atom. The molecule has 12 heteroatoms. The van der Waals surface area contributed by atoms with Gasteiger partial charge in [-0.25, -0.2) is 29.9 Å². The van der Waals surface area contributed by atoms with Gasteiger partial charge in [0.1, 0.15) is 18.0 Å². The molecule has 0 aliphatic carbocycles. The molecule has 0 amide bonds. The van der Waals surface area contributed by atoms with E-state index in [0.717, 1.165) is 28.7 Å². The zero-order valence-electron chi connectivity index (χ0n) is 53.5. The Morgan fingerprint density at radius 1 is 0.212 bits per heavy atom. The number of pyridine rings is 4. The molecule has 8 rings (SSSR count). The molecule has 0 aliphatic rings. The number of hydrogen-bond acceptors (Lipinski definition) is 12. The second-order valence-electron chi connectivity index (χ2n) is 27.3. The van der Waals surface area contributed by atoms with Crippen LogP contribution in [0.4, 0.5) is 0 Å². The quantitative estimate of drug-likeness (QED) is 0.142. The van der Waals surface area contributed by atoms with Crippen LogP contribution in [0.1, 0.15) is 212 Å². The maximum atomic E-state index is 4.25. The molecule has 8 aromatic heterocycles. The summed E-state index contributed by atoms with van der Waals surface area (Å²) < 4.78 is 0.